The van der Waals surface area contributed by atoms with E-state index < -0.39 is 5.97 Å². The van der Waals surface area contributed by atoms with E-state index in [9.17, 15) is 9.59 Å². The summed E-state index contributed by atoms with van der Waals surface area (Å²) < 4.78 is 10.4. The highest BCUT2D eigenvalue weighted by atomic mass is 35.5. The third kappa shape index (κ3) is 8.92. The average molecular weight is 355 g/mol. The lowest BCUT2D eigenvalue weighted by Gasteiger charge is -2.14. The Morgan fingerprint density at radius 1 is 1.04 bits per heavy atom. The number of carbonyl (C=O) groups is 2. The Hall–Kier alpha value is -1.55. The van der Waals surface area contributed by atoms with Crippen LogP contribution in [0.15, 0.2) is 24.3 Å². The molecule has 0 aliphatic heterocycles. The van der Waals surface area contributed by atoms with Crippen molar-refractivity contribution in [1.82, 2.24) is 0 Å². The first-order valence-electron chi connectivity index (χ1n) is 8.60. The van der Waals surface area contributed by atoms with Crippen molar-refractivity contribution in [2.45, 2.75) is 59.0 Å². The van der Waals surface area contributed by atoms with Crippen LogP contribution in [0.4, 0.5) is 0 Å². The van der Waals surface area contributed by atoms with Gasteiger partial charge >= 0.3 is 11.9 Å². The van der Waals surface area contributed by atoms with Gasteiger partial charge in [-0.25, -0.2) is 0 Å². The van der Waals surface area contributed by atoms with E-state index in [2.05, 4.69) is 13.8 Å². The van der Waals surface area contributed by atoms with Gasteiger partial charge < -0.3 is 9.47 Å². The van der Waals surface area contributed by atoms with Crippen molar-refractivity contribution < 1.29 is 19.1 Å². The summed E-state index contributed by atoms with van der Waals surface area (Å²) in [6, 6.07) is 7.08. The predicted octanol–water partition coefficient (Wildman–Crippen LogP) is 4.92. The first-order valence-corrected chi connectivity index (χ1v) is 8.98. The fourth-order valence-corrected chi connectivity index (χ4v) is 2.33. The molecule has 0 heterocycles. The lowest BCUT2D eigenvalue weighted by molar-refractivity contribution is -0.151. The Kier molecular flexibility index (Phi) is 10.2. The van der Waals surface area contributed by atoms with E-state index in [0.29, 0.717) is 17.5 Å². The molecule has 0 fully saturated rings. The lowest BCUT2D eigenvalue weighted by Crippen LogP contribution is -2.15. The van der Waals surface area contributed by atoms with Crippen LogP contribution in [0.2, 0.25) is 5.02 Å². The van der Waals surface area contributed by atoms with E-state index in [1.165, 1.54) is 0 Å². The van der Waals surface area contributed by atoms with Gasteiger partial charge in [0.1, 0.15) is 6.61 Å². The maximum absolute atomic E-state index is 11.7. The molecule has 1 unspecified atom stereocenters. The SMILES string of the molecule is CCCCC(CC)COC(=O)CCC(=O)OCc1ccc(Cl)cc1. The maximum Gasteiger partial charge on any atom is 0.306 e. The quantitative estimate of drug-likeness (QED) is 0.529. The van der Waals surface area contributed by atoms with E-state index in [1.54, 1.807) is 24.3 Å². The zero-order chi connectivity index (χ0) is 17.8. The van der Waals surface area contributed by atoms with E-state index in [4.69, 9.17) is 21.1 Å². The van der Waals surface area contributed by atoms with Crippen molar-refractivity contribution in [3.8, 4) is 0 Å². The Morgan fingerprint density at radius 2 is 1.67 bits per heavy atom. The van der Waals surface area contributed by atoms with Gasteiger partial charge in [-0.1, -0.05) is 56.8 Å². The highest BCUT2D eigenvalue weighted by molar-refractivity contribution is 6.30. The number of carbonyl (C=O) groups excluding carboxylic acids is 2. The van der Waals surface area contributed by atoms with Gasteiger partial charge in [-0.15, -0.1) is 0 Å². The molecule has 1 aromatic carbocycles. The summed E-state index contributed by atoms with van der Waals surface area (Å²) in [5.74, 6) is -0.334. The van der Waals surface area contributed by atoms with Gasteiger partial charge in [0.05, 0.1) is 19.4 Å². The molecule has 0 radical (unpaired) electrons. The zero-order valence-corrected chi connectivity index (χ0v) is 15.3. The highest BCUT2D eigenvalue weighted by Gasteiger charge is 2.12. The van der Waals surface area contributed by atoms with Gasteiger partial charge in [-0.2, -0.15) is 0 Å². The lowest BCUT2D eigenvalue weighted by atomic mass is 10.0. The summed E-state index contributed by atoms with van der Waals surface area (Å²) in [5, 5.41) is 0.636. The molecule has 0 saturated heterocycles. The van der Waals surface area contributed by atoms with Crippen LogP contribution in [0.1, 0.15) is 57.9 Å². The molecule has 4 nitrogen and oxygen atoms in total. The molecule has 24 heavy (non-hydrogen) atoms. The number of halogens is 1. The summed E-state index contributed by atoms with van der Waals surface area (Å²) in [6.07, 6.45) is 4.46. The summed E-state index contributed by atoms with van der Waals surface area (Å²) in [5.41, 5.74) is 0.858. The van der Waals surface area contributed by atoms with E-state index in [1.807, 2.05) is 0 Å². The number of rotatable bonds is 11. The Morgan fingerprint density at radius 3 is 2.25 bits per heavy atom. The van der Waals surface area contributed by atoms with Gasteiger partial charge in [0.15, 0.2) is 0 Å². The minimum atomic E-state index is -0.403. The van der Waals surface area contributed by atoms with Crippen LogP contribution in [0.3, 0.4) is 0 Å². The molecule has 0 spiro atoms. The fourth-order valence-electron chi connectivity index (χ4n) is 2.20. The molecule has 5 heteroatoms. The number of ether oxygens (including phenoxy) is 2. The smallest absolute Gasteiger partial charge is 0.306 e. The molecule has 1 atom stereocenters. The van der Waals surface area contributed by atoms with Crippen molar-refractivity contribution in [2.75, 3.05) is 6.61 Å². The number of hydrogen-bond acceptors (Lipinski definition) is 4. The summed E-state index contributed by atoms with van der Waals surface area (Å²) in [7, 11) is 0. The summed E-state index contributed by atoms with van der Waals surface area (Å²) >= 11 is 5.79. The van der Waals surface area contributed by atoms with Crippen molar-refractivity contribution >= 4 is 23.5 Å². The molecule has 1 rings (SSSR count). The first kappa shape index (κ1) is 20.5. The van der Waals surface area contributed by atoms with E-state index >= 15 is 0 Å². The Balaban J connectivity index is 2.18. The van der Waals surface area contributed by atoms with Gasteiger partial charge in [-0.05, 0) is 30.0 Å². The number of unbranched alkanes of at least 4 members (excludes halogenated alkanes) is 1. The van der Waals surface area contributed by atoms with Crippen molar-refractivity contribution in [2.24, 2.45) is 5.92 Å². The largest absolute Gasteiger partial charge is 0.465 e. The van der Waals surface area contributed by atoms with Gasteiger partial charge in [0.25, 0.3) is 0 Å². The van der Waals surface area contributed by atoms with Gasteiger partial charge in [0, 0.05) is 5.02 Å². The minimum Gasteiger partial charge on any atom is -0.465 e. The molecule has 0 N–H and O–H groups in total. The average Bonchev–Trinajstić information content (AvgIpc) is 2.59. The molecule has 0 aromatic heterocycles. The normalized spacial score (nSPS) is 11.8. The van der Waals surface area contributed by atoms with Crippen LogP contribution in [0.25, 0.3) is 0 Å². The van der Waals surface area contributed by atoms with Gasteiger partial charge in [0.2, 0.25) is 0 Å². The Bertz CT molecular complexity index is 499. The van der Waals surface area contributed by atoms with Crippen LogP contribution in [0.5, 0.6) is 0 Å². The van der Waals surface area contributed by atoms with Crippen molar-refractivity contribution in [1.29, 1.82) is 0 Å². The highest BCUT2D eigenvalue weighted by Crippen LogP contribution is 2.14. The molecular formula is C19H27ClO4. The van der Waals surface area contributed by atoms with Crippen LogP contribution >= 0.6 is 11.6 Å². The topological polar surface area (TPSA) is 52.6 Å². The number of esters is 2. The second-order valence-electron chi connectivity index (χ2n) is 5.89. The van der Waals surface area contributed by atoms with Crippen LogP contribution < -0.4 is 0 Å². The second-order valence-corrected chi connectivity index (χ2v) is 6.32. The standard InChI is InChI=1S/C19H27ClO4/c1-3-5-6-15(4-2)13-23-18(21)11-12-19(22)24-14-16-7-9-17(20)10-8-16/h7-10,15H,3-6,11-14H2,1-2H3. The maximum atomic E-state index is 11.7. The summed E-state index contributed by atoms with van der Waals surface area (Å²) in [4.78, 5) is 23.4. The van der Waals surface area contributed by atoms with Crippen molar-refractivity contribution in [3.05, 3.63) is 34.9 Å². The van der Waals surface area contributed by atoms with E-state index in [-0.39, 0.29) is 25.4 Å². The second kappa shape index (κ2) is 11.9. The molecule has 0 saturated carbocycles. The molecular weight excluding hydrogens is 328 g/mol. The van der Waals surface area contributed by atoms with Crippen molar-refractivity contribution in [3.63, 3.8) is 0 Å². The fraction of sp³-hybridized carbons (Fsp3) is 0.579. The van der Waals surface area contributed by atoms with E-state index in [0.717, 1.165) is 31.2 Å². The molecule has 0 bridgehead atoms. The molecule has 134 valence electrons. The van der Waals surface area contributed by atoms with Gasteiger partial charge in [-0.3, -0.25) is 9.59 Å². The molecule has 1 aromatic rings. The Labute approximate surface area is 149 Å². The third-order valence-electron chi connectivity index (χ3n) is 3.87. The van der Waals surface area contributed by atoms with Crippen LogP contribution in [0, 0.1) is 5.92 Å². The predicted molar refractivity (Wildman–Crippen MR) is 94.7 cm³/mol. The first-order chi connectivity index (χ1) is 11.5. The minimum absolute atomic E-state index is 0.0399. The monoisotopic (exact) mass is 354 g/mol. The molecule has 0 amide bonds. The summed E-state index contributed by atoms with van der Waals surface area (Å²) in [6.45, 7) is 4.87. The van der Waals surface area contributed by atoms with Crippen LogP contribution in [-0.4, -0.2) is 18.5 Å². The zero-order valence-electron chi connectivity index (χ0n) is 14.6. The van der Waals surface area contributed by atoms with Crippen LogP contribution in [-0.2, 0) is 25.7 Å². The molecule has 0 aliphatic rings. The molecule has 0 aliphatic carbocycles. The third-order valence-corrected chi connectivity index (χ3v) is 4.12. The number of hydrogen-bond donors (Lipinski definition) is 0. The number of benzene rings is 1.